The number of aryl methyl sites for hydroxylation is 1. The molecule has 0 bridgehead atoms. The summed E-state index contributed by atoms with van der Waals surface area (Å²) in [6, 6.07) is 16.3. The Kier molecular flexibility index (Phi) is 4.42. The highest BCUT2D eigenvalue weighted by Crippen LogP contribution is 2.19. The lowest BCUT2D eigenvalue weighted by atomic mass is 10.00. The van der Waals surface area contributed by atoms with E-state index in [0.717, 1.165) is 25.1 Å². The van der Waals surface area contributed by atoms with Gasteiger partial charge in [-0.1, -0.05) is 43.3 Å². The minimum absolute atomic E-state index is 0.0501. The third-order valence-electron chi connectivity index (χ3n) is 4.18. The molecule has 0 spiro atoms. The largest absolute Gasteiger partial charge is 0.484 e. The van der Waals surface area contributed by atoms with Crippen LogP contribution in [0.5, 0.6) is 5.75 Å². The predicted molar refractivity (Wildman–Crippen MR) is 86.9 cm³/mol. The molecule has 114 valence electrons. The molecule has 0 saturated carbocycles. The van der Waals surface area contributed by atoms with Crippen LogP contribution in [0.25, 0.3) is 0 Å². The maximum Gasteiger partial charge on any atom is 0.260 e. The SMILES string of the molecule is CCc1ccc(OCC(=O)N2CCc3ccccc3C2)cc1. The van der Waals surface area contributed by atoms with Crippen LogP contribution < -0.4 is 4.74 Å². The van der Waals surface area contributed by atoms with Crippen molar-refractivity contribution in [1.29, 1.82) is 0 Å². The zero-order valence-electron chi connectivity index (χ0n) is 12.9. The molecule has 0 radical (unpaired) electrons. The lowest BCUT2D eigenvalue weighted by Crippen LogP contribution is -2.38. The standard InChI is InChI=1S/C19H21NO2/c1-2-15-7-9-18(10-8-15)22-14-19(21)20-12-11-16-5-3-4-6-17(16)13-20/h3-10H,2,11-14H2,1H3. The summed E-state index contributed by atoms with van der Waals surface area (Å²) in [5.41, 5.74) is 3.86. The summed E-state index contributed by atoms with van der Waals surface area (Å²) in [5, 5.41) is 0. The van der Waals surface area contributed by atoms with Crippen molar-refractivity contribution in [2.75, 3.05) is 13.2 Å². The van der Waals surface area contributed by atoms with Crippen LogP contribution in [0.2, 0.25) is 0 Å². The second kappa shape index (κ2) is 6.65. The first-order chi connectivity index (χ1) is 10.8. The van der Waals surface area contributed by atoms with Crippen LogP contribution in [-0.4, -0.2) is 24.0 Å². The normalized spacial score (nSPS) is 13.6. The molecule has 0 unspecified atom stereocenters. The van der Waals surface area contributed by atoms with Gasteiger partial charge in [0.15, 0.2) is 6.61 Å². The van der Waals surface area contributed by atoms with Gasteiger partial charge in [-0.3, -0.25) is 4.79 Å². The van der Waals surface area contributed by atoms with Gasteiger partial charge in [0.1, 0.15) is 5.75 Å². The highest BCUT2D eigenvalue weighted by atomic mass is 16.5. The maximum atomic E-state index is 12.3. The number of fused-ring (bicyclic) bond motifs is 1. The molecule has 3 nitrogen and oxygen atoms in total. The molecular weight excluding hydrogens is 274 g/mol. The number of hydrogen-bond acceptors (Lipinski definition) is 2. The van der Waals surface area contributed by atoms with E-state index in [1.165, 1.54) is 16.7 Å². The summed E-state index contributed by atoms with van der Waals surface area (Å²) < 4.78 is 5.62. The van der Waals surface area contributed by atoms with Crippen LogP contribution in [0.15, 0.2) is 48.5 Å². The molecule has 0 atom stereocenters. The number of amides is 1. The van der Waals surface area contributed by atoms with E-state index in [2.05, 4.69) is 25.1 Å². The quantitative estimate of drug-likeness (QED) is 0.867. The highest BCUT2D eigenvalue weighted by molar-refractivity contribution is 5.78. The molecule has 0 aromatic heterocycles. The third-order valence-corrected chi connectivity index (χ3v) is 4.18. The molecule has 3 heteroatoms. The van der Waals surface area contributed by atoms with E-state index in [9.17, 15) is 4.79 Å². The van der Waals surface area contributed by atoms with Gasteiger partial charge in [-0.25, -0.2) is 0 Å². The molecule has 0 aliphatic carbocycles. The molecule has 1 heterocycles. The van der Waals surface area contributed by atoms with E-state index in [4.69, 9.17) is 4.74 Å². The summed E-state index contributed by atoms with van der Waals surface area (Å²) in [6.07, 6.45) is 1.93. The Morgan fingerprint density at radius 2 is 1.82 bits per heavy atom. The van der Waals surface area contributed by atoms with Gasteiger partial charge in [0, 0.05) is 13.1 Å². The first-order valence-electron chi connectivity index (χ1n) is 7.82. The Bertz CT molecular complexity index is 649. The molecule has 0 saturated heterocycles. The molecule has 1 amide bonds. The van der Waals surface area contributed by atoms with Crippen molar-refractivity contribution in [2.45, 2.75) is 26.3 Å². The monoisotopic (exact) mass is 295 g/mol. The highest BCUT2D eigenvalue weighted by Gasteiger charge is 2.20. The molecule has 0 fully saturated rings. The molecule has 22 heavy (non-hydrogen) atoms. The Labute approximate surface area is 131 Å². The first-order valence-corrected chi connectivity index (χ1v) is 7.82. The smallest absolute Gasteiger partial charge is 0.260 e. The number of nitrogens with zero attached hydrogens (tertiary/aromatic N) is 1. The summed E-state index contributed by atoms with van der Waals surface area (Å²) >= 11 is 0. The van der Waals surface area contributed by atoms with Crippen LogP contribution in [-0.2, 0) is 24.2 Å². The topological polar surface area (TPSA) is 29.5 Å². The van der Waals surface area contributed by atoms with Crippen LogP contribution in [0, 0.1) is 0 Å². The van der Waals surface area contributed by atoms with Crippen molar-refractivity contribution in [3.8, 4) is 5.75 Å². The van der Waals surface area contributed by atoms with Gasteiger partial charge in [0.2, 0.25) is 0 Å². The van der Waals surface area contributed by atoms with E-state index in [1.54, 1.807) is 0 Å². The summed E-state index contributed by atoms with van der Waals surface area (Å²) in [6.45, 7) is 3.68. The Balaban J connectivity index is 1.56. The lowest BCUT2D eigenvalue weighted by molar-refractivity contribution is -0.134. The van der Waals surface area contributed by atoms with Gasteiger partial charge in [-0.15, -0.1) is 0 Å². The van der Waals surface area contributed by atoms with Gasteiger partial charge in [0.25, 0.3) is 5.91 Å². The number of carbonyl (C=O) groups is 1. The minimum atomic E-state index is 0.0501. The van der Waals surface area contributed by atoms with Crippen molar-refractivity contribution in [2.24, 2.45) is 0 Å². The third kappa shape index (κ3) is 3.30. The second-order valence-corrected chi connectivity index (χ2v) is 5.62. The van der Waals surface area contributed by atoms with E-state index in [-0.39, 0.29) is 12.5 Å². The van der Waals surface area contributed by atoms with E-state index < -0.39 is 0 Å². The summed E-state index contributed by atoms with van der Waals surface area (Å²) in [4.78, 5) is 14.2. The van der Waals surface area contributed by atoms with E-state index >= 15 is 0 Å². The predicted octanol–water partition coefficient (Wildman–Crippen LogP) is 3.21. The Hall–Kier alpha value is -2.29. The Morgan fingerprint density at radius 3 is 2.55 bits per heavy atom. The van der Waals surface area contributed by atoms with Crippen molar-refractivity contribution >= 4 is 5.91 Å². The average Bonchev–Trinajstić information content (AvgIpc) is 2.59. The lowest BCUT2D eigenvalue weighted by Gasteiger charge is -2.28. The maximum absolute atomic E-state index is 12.3. The molecule has 2 aromatic carbocycles. The number of benzene rings is 2. The van der Waals surface area contributed by atoms with Crippen LogP contribution in [0.1, 0.15) is 23.6 Å². The average molecular weight is 295 g/mol. The van der Waals surface area contributed by atoms with Crippen molar-refractivity contribution in [3.05, 3.63) is 65.2 Å². The van der Waals surface area contributed by atoms with E-state index in [1.807, 2.05) is 35.2 Å². The van der Waals surface area contributed by atoms with Crippen LogP contribution >= 0.6 is 0 Å². The molecular formula is C19H21NO2. The fourth-order valence-corrected chi connectivity index (χ4v) is 2.77. The van der Waals surface area contributed by atoms with Crippen LogP contribution in [0.3, 0.4) is 0 Å². The number of rotatable bonds is 4. The number of ether oxygens (including phenoxy) is 1. The fourth-order valence-electron chi connectivity index (χ4n) is 2.77. The zero-order chi connectivity index (χ0) is 15.4. The van der Waals surface area contributed by atoms with Crippen molar-refractivity contribution < 1.29 is 9.53 Å². The Morgan fingerprint density at radius 1 is 1.09 bits per heavy atom. The van der Waals surface area contributed by atoms with Gasteiger partial charge < -0.3 is 9.64 Å². The van der Waals surface area contributed by atoms with E-state index in [0.29, 0.717) is 6.54 Å². The van der Waals surface area contributed by atoms with Gasteiger partial charge >= 0.3 is 0 Å². The number of carbonyl (C=O) groups excluding carboxylic acids is 1. The van der Waals surface area contributed by atoms with Crippen LogP contribution in [0.4, 0.5) is 0 Å². The van der Waals surface area contributed by atoms with Gasteiger partial charge in [-0.2, -0.15) is 0 Å². The zero-order valence-corrected chi connectivity index (χ0v) is 12.9. The molecule has 3 rings (SSSR count). The molecule has 1 aliphatic rings. The first kappa shape index (κ1) is 14.6. The minimum Gasteiger partial charge on any atom is -0.484 e. The molecule has 2 aromatic rings. The van der Waals surface area contributed by atoms with Crippen molar-refractivity contribution in [1.82, 2.24) is 4.90 Å². The summed E-state index contributed by atoms with van der Waals surface area (Å²) in [5.74, 6) is 0.803. The number of hydrogen-bond donors (Lipinski definition) is 0. The summed E-state index contributed by atoms with van der Waals surface area (Å²) in [7, 11) is 0. The molecule has 0 N–H and O–H groups in total. The van der Waals surface area contributed by atoms with Gasteiger partial charge in [-0.05, 0) is 41.7 Å². The second-order valence-electron chi connectivity index (χ2n) is 5.62. The molecule has 1 aliphatic heterocycles. The fraction of sp³-hybridized carbons (Fsp3) is 0.316. The van der Waals surface area contributed by atoms with Crippen molar-refractivity contribution in [3.63, 3.8) is 0 Å². The van der Waals surface area contributed by atoms with Gasteiger partial charge in [0.05, 0.1) is 0 Å².